The molecule has 2 aromatic rings. The molecule has 2 aromatic carbocycles. The molecule has 2 fully saturated rings. The second-order valence-corrected chi connectivity index (χ2v) is 23.9. The molecule has 1 saturated carbocycles. The summed E-state index contributed by atoms with van der Waals surface area (Å²) in [7, 11) is -3.90. The Bertz CT molecular complexity index is 1070. The lowest BCUT2D eigenvalue weighted by Crippen LogP contribution is -2.44. The van der Waals surface area contributed by atoms with Gasteiger partial charge in [0.25, 0.3) is 0 Å². The summed E-state index contributed by atoms with van der Waals surface area (Å²) in [5.74, 6) is 1.80. The smallest absolute Gasteiger partial charge is 0.310 e. The average molecular weight is 553 g/mol. The van der Waals surface area contributed by atoms with Crippen LogP contribution in [0.2, 0.25) is 36.3 Å². The molecule has 0 aromatic heterocycles. The molecule has 0 amide bonds. The number of carbonyl (C=O) groups is 1. The normalized spacial score (nSPS) is 22.0. The van der Waals surface area contributed by atoms with Crippen LogP contribution in [0.4, 0.5) is 0 Å². The molecule has 1 heterocycles. The maximum absolute atomic E-state index is 13.2. The molecule has 0 radical (unpaired) electrons. The first-order chi connectivity index (χ1) is 17.5. The van der Waals surface area contributed by atoms with Crippen molar-refractivity contribution in [1.29, 1.82) is 0 Å². The monoisotopic (exact) mass is 552 g/mol. The highest BCUT2D eigenvalue weighted by Crippen LogP contribution is 2.55. The van der Waals surface area contributed by atoms with Crippen LogP contribution in [0, 0.1) is 11.8 Å². The molecule has 208 valence electrons. The van der Waals surface area contributed by atoms with Crippen molar-refractivity contribution < 1.29 is 18.4 Å². The van der Waals surface area contributed by atoms with Crippen molar-refractivity contribution in [2.75, 3.05) is 0 Å². The summed E-state index contributed by atoms with van der Waals surface area (Å²) in [4.78, 5) is 13.2. The van der Waals surface area contributed by atoms with Gasteiger partial charge >= 0.3 is 5.97 Å². The van der Waals surface area contributed by atoms with Crippen molar-refractivity contribution in [3.63, 3.8) is 0 Å². The molecule has 1 aliphatic heterocycles. The minimum atomic E-state index is -1.95. The minimum absolute atomic E-state index is 0.0462. The zero-order valence-corrected chi connectivity index (χ0v) is 27.2. The van der Waals surface area contributed by atoms with Crippen LogP contribution in [0.1, 0.15) is 78.4 Å². The molecule has 1 aliphatic carbocycles. The van der Waals surface area contributed by atoms with Gasteiger partial charge in [0.05, 0.1) is 5.92 Å². The number of hydrogen-bond acceptors (Lipinski definition) is 4. The highest BCUT2D eigenvalue weighted by atomic mass is 28.4. The van der Waals surface area contributed by atoms with Crippen LogP contribution in [-0.4, -0.2) is 22.6 Å². The van der Waals surface area contributed by atoms with Crippen LogP contribution in [0.5, 0.6) is 11.5 Å². The molecule has 2 unspecified atom stereocenters. The zero-order chi connectivity index (χ0) is 28.1. The maximum atomic E-state index is 13.2. The molecule has 0 bridgehead atoms. The molecule has 6 heteroatoms. The van der Waals surface area contributed by atoms with Gasteiger partial charge in [0.15, 0.2) is 5.60 Å². The van der Waals surface area contributed by atoms with Crippen LogP contribution in [-0.2, 0) is 15.1 Å². The summed E-state index contributed by atoms with van der Waals surface area (Å²) in [6.07, 6.45) is 4.11. The van der Waals surface area contributed by atoms with Gasteiger partial charge in [-0.15, -0.1) is 0 Å². The highest BCUT2D eigenvalue weighted by molar-refractivity contribution is 6.75. The van der Waals surface area contributed by atoms with Gasteiger partial charge in [-0.05, 0) is 73.4 Å². The van der Waals surface area contributed by atoms with Gasteiger partial charge in [0, 0.05) is 17.0 Å². The van der Waals surface area contributed by atoms with E-state index in [9.17, 15) is 4.79 Å². The molecule has 0 spiro atoms. The Kier molecular flexibility index (Phi) is 7.50. The summed E-state index contributed by atoms with van der Waals surface area (Å²) in [5, 5.41) is 0.245. The van der Waals surface area contributed by atoms with E-state index in [2.05, 4.69) is 116 Å². The summed E-state index contributed by atoms with van der Waals surface area (Å²) < 4.78 is 19.6. The Morgan fingerprint density at radius 3 is 1.50 bits per heavy atom. The third-order valence-electron chi connectivity index (χ3n) is 9.78. The SMILES string of the molecule is CC(C)(C)[Si](C)(C)Oc1ccc(C2(c3ccc(O[Si](C)(C)C(C)(C)C)cc3)OC(=O)C3CCCCC32)cc1. The topological polar surface area (TPSA) is 44.8 Å². The van der Waals surface area contributed by atoms with E-state index in [1.165, 1.54) is 0 Å². The Morgan fingerprint density at radius 1 is 0.711 bits per heavy atom. The van der Waals surface area contributed by atoms with Gasteiger partial charge in [0.1, 0.15) is 11.5 Å². The number of hydrogen-bond donors (Lipinski definition) is 0. The van der Waals surface area contributed by atoms with E-state index in [4.69, 9.17) is 13.6 Å². The van der Waals surface area contributed by atoms with E-state index >= 15 is 0 Å². The Balaban J connectivity index is 1.72. The number of carbonyl (C=O) groups excluding carboxylic acids is 1. The van der Waals surface area contributed by atoms with Gasteiger partial charge in [-0.25, -0.2) is 0 Å². The second kappa shape index (κ2) is 9.85. The summed E-state index contributed by atoms with van der Waals surface area (Å²) in [6.45, 7) is 22.6. The van der Waals surface area contributed by atoms with Crippen molar-refractivity contribution >= 4 is 22.6 Å². The second-order valence-electron chi connectivity index (χ2n) is 14.4. The molecule has 2 atom stereocenters. The van der Waals surface area contributed by atoms with Crippen LogP contribution in [0.3, 0.4) is 0 Å². The number of esters is 1. The van der Waals surface area contributed by atoms with E-state index in [0.717, 1.165) is 48.3 Å². The molecule has 38 heavy (non-hydrogen) atoms. The Hall–Kier alpha value is -2.06. The predicted molar refractivity (Wildman–Crippen MR) is 161 cm³/mol. The van der Waals surface area contributed by atoms with Crippen LogP contribution in [0.15, 0.2) is 48.5 Å². The molecule has 4 nitrogen and oxygen atoms in total. The molecule has 1 saturated heterocycles. The zero-order valence-electron chi connectivity index (χ0n) is 25.2. The van der Waals surface area contributed by atoms with Crippen molar-refractivity contribution in [2.24, 2.45) is 11.8 Å². The first-order valence-corrected chi connectivity index (χ1v) is 20.1. The van der Waals surface area contributed by atoms with E-state index < -0.39 is 22.2 Å². The molecular formula is C32H48O4Si2. The number of fused-ring (bicyclic) bond motifs is 1. The first-order valence-electron chi connectivity index (χ1n) is 14.3. The molecule has 0 N–H and O–H groups in total. The number of ether oxygens (including phenoxy) is 1. The fourth-order valence-electron chi connectivity index (χ4n) is 5.36. The maximum Gasteiger partial charge on any atom is 0.310 e. The number of rotatable bonds is 6. The quantitative estimate of drug-likeness (QED) is 0.265. The lowest BCUT2D eigenvalue weighted by molar-refractivity contribution is -0.149. The van der Waals surface area contributed by atoms with Crippen LogP contribution < -0.4 is 8.85 Å². The standard InChI is InChI=1S/C32H48O4Si2/c1-30(2,3)37(7,8)35-25-19-15-23(16-20-25)32(28-14-12-11-13-27(28)29(33)34-32)24-17-21-26(22-18-24)36-38(9,10)31(4,5)6/h15-22,27-28H,11-14H2,1-10H3. The highest BCUT2D eigenvalue weighted by Gasteiger charge is 2.58. The lowest BCUT2D eigenvalue weighted by Gasteiger charge is -2.39. The molecule has 4 rings (SSSR count). The van der Waals surface area contributed by atoms with Gasteiger partial charge in [-0.1, -0.05) is 78.6 Å². The Morgan fingerprint density at radius 2 is 1.11 bits per heavy atom. The first kappa shape index (κ1) is 28.9. The van der Waals surface area contributed by atoms with Gasteiger partial charge < -0.3 is 13.6 Å². The van der Waals surface area contributed by atoms with Crippen LogP contribution >= 0.6 is 0 Å². The van der Waals surface area contributed by atoms with Gasteiger partial charge in [0.2, 0.25) is 16.6 Å². The average Bonchev–Trinajstić information content (AvgIpc) is 3.12. The third kappa shape index (κ3) is 5.23. The minimum Gasteiger partial charge on any atom is -0.544 e. The predicted octanol–water partition coefficient (Wildman–Crippen LogP) is 9.06. The fourth-order valence-corrected chi connectivity index (χ4v) is 7.42. The number of benzene rings is 2. The Labute approximate surface area is 232 Å². The van der Waals surface area contributed by atoms with E-state index in [0.29, 0.717) is 0 Å². The molecule has 2 aliphatic rings. The number of cyclic esters (lactones) is 1. The summed E-state index contributed by atoms with van der Waals surface area (Å²) >= 11 is 0. The largest absolute Gasteiger partial charge is 0.544 e. The van der Waals surface area contributed by atoms with Gasteiger partial charge in [-0.2, -0.15) is 0 Å². The lowest BCUT2D eigenvalue weighted by atomic mass is 9.67. The van der Waals surface area contributed by atoms with Crippen molar-refractivity contribution in [1.82, 2.24) is 0 Å². The van der Waals surface area contributed by atoms with E-state index in [1.54, 1.807) is 0 Å². The van der Waals surface area contributed by atoms with E-state index in [1.807, 2.05) is 0 Å². The van der Waals surface area contributed by atoms with Crippen molar-refractivity contribution in [3.05, 3.63) is 59.7 Å². The van der Waals surface area contributed by atoms with Gasteiger partial charge in [-0.3, -0.25) is 4.79 Å². The summed E-state index contributed by atoms with van der Waals surface area (Å²) in [6, 6.07) is 16.7. The summed E-state index contributed by atoms with van der Waals surface area (Å²) in [5.41, 5.74) is 1.27. The van der Waals surface area contributed by atoms with E-state index in [-0.39, 0.29) is 27.9 Å². The van der Waals surface area contributed by atoms with Crippen LogP contribution in [0.25, 0.3) is 0 Å². The fraction of sp³-hybridized carbons (Fsp3) is 0.594. The van der Waals surface area contributed by atoms with Crippen molar-refractivity contribution in [2.45, 2.75) is 109 Å². The van der Waals surface area contributed by atoms with Crippen molar-refractivity contribution in [3.8, 4) is 11.5 Å². The molecular weight excluding hydrogens is 505 g/mol. The third-order valence-corrected chi connectivity index (χ3v) is 18.5.